The Balaban J connectivity index is 1.64. The van der Waals surface area contributed by atoms with Crippen LogP contribution in [0.4, 0.5) is 0 Å². The standard InChI is InChI=1S/C23H29NO6S/c1-17(25)19-6-8-22(9-7-19)30-15-21(26)14-24(20-10-11-31(27,28)16-20)13-18-4-3-5-23(12-18)29-2/h3-9,12,20-21,26H,10-11,13-16H2,1-2H3. The highest BCUT2D eigenvalue weighted by Crippen LogP contribution is 2.22. The van der Waals surface area contributed by atoms with Gasteiger partial charge in [0.15, 0.2) is 15.6 Å². The van der Waals surface area contributed by atoms with E-state index in [1.54, 1.807) is 31.4 Å². The van der Waals surface area contributed by atoms with Crippen molar-refractivity contribution in [2.24, 2.45) is 0 Å². The first-order valence-corrected chi connectivity index (χ1v) is 12.1. The Morgan fingerprint density at radius 2 is 1.94 bits per heavy atom. The molecule has 7 nitrogen and oxygen atoms in total. The van der Waals surface area contributed by atoms with Gasteiger partial charge in [-0.2, -0.15) is 0 Å². The van der Waals surface area contributed by atoms with E-state index in [1.807, 2.05) is 29.2 Å². The fourth-order valence-electron chi connectivity index (χ4n) is 3.71. The first-order chi connectivity index (χ1) is 14.8. The van der Waals surface area contributed by atoms with Gasteiger partial charge >= 0.3 is 0 Å². The maximum atomic E-state index is 12.0. The number of hydrogen-bond donors (Lipinski definition) is 1. The maximum Gasteiger partial charge on any atom is 0.159 e. The minimum Gasteiger partial charge on any atom is -0.497 e. The van der Waals surface area contributed by atoms with Crippen LogP contribution in [-0.4, -0.2) is 68.1 Å². The molecule has 0 aliphatic carbocycles. The third-order valence-electron chi connectivity index (χ3n) is 5.39. The Labute approximate surface area is 183 Å². The van der Waals surface area contributed by atoms with E-state index in [0.29, 0.717) is 24.3 Å². The second-order valence-electron chi connectivity index (χ2n) is 7.88. The average molecular weight is 448 g/mol. The minimum atomic E-state index is -3.05. The van der Waals surface area contributed by atoms with E-state index in [0.717, 1.165) is 11.3 Å². The molecular formula is C23H29NO6S. The van der Waals surface area contributed by atoms with E-state index >= 15 is 0 Å². The van der Waals surface area contributed by atoms with Crippen LogP contribution in [-0.2, 0) is 16.4 Å². The number of ketones is 1. The van der Waals surface area contributed by atoms with Crippen molar-refractivity contribution in [1.82, 2.24) is 4.90 Å². The molecule has 2 atom stereocenters. The summed E-state index contributed by atoms with van der Waals surface area (Å²) in [5.41, 5.74) is 1.58. The number of ether oxygens (including phenoxy) is 2. The Morgan fingerprint density at radius 3 is 2.55 bits per heavy atom. The molecule has 1 saturated heterocycles. The fourth-order valence-corrected chi connectivity index (χ4v) is 5.47. The normalized spacial score (nSPS) is 18.6. The highest BCUT2D eigenvalue weighted by atomic mass is 32.2. The van der Waals surface area contributed by atoms with Crippen molar-refractivity contribution < 1.29 is 27.8 Å². The summed E-state index contributed by atoms with van der Waals surface area (Å²) in [7, 11) is -1.45. The zero-order valence-corrected chi connectivity index (χ0v) is 18.7. The molecule has 0 bridgehead atoms. The summed E-state index contributed by atoms with van der Waals surface area (Å²) in [4.78, 5) is 13.4. The van der Waals surface area contributed by atoms with Crippen molar-refractivity contribution in [3.8, 4) is 11.5 Å². The van der Waals surface area contributed by atoms with Gasteiger partial charge in [-0.1, -0.05) is 12.1 Å². The zero-order chi connectivity index (χ0) is 22.4. The van der Waals surface area contributed by atoms with Crippen LogP contribution in [0.15, 0.2) is 48.5 Å². The number of carbonyl (C=O) groups is 1. The molecule has 3 rings (SSSR count). The molecule has 1 fully saturated rings. The van der Waals surface area contributed by atoms with Gasteiger partial charge < -0.3 is 14.6 Å². The Bertz CT molecular complexity index is 989. The number of aliphatic hydroxyl groups excluding tert-OH is 1. The number of nitrogens with zero attached hydrogens (tertiary/aromatic N) is 1. The Hall–Kier alpha value is -2.42. The summed E-state index contributed by atoms with van der Waals surface area (Å²) in [6.07, 6.45) is -0.256. The molecule has 1 aliphatic rings. The summed E-state index contributed by atoms with van der Waals surface area (Å²) < 4.78 is 35.0. The molecule has 1 heterocycles. The van der Waals surface area contributed by atoms with Crippen molar-refractivity contribution in [2.75, 3.05) is 31.8 Å². The molecule has 1 aliphatic heterocycles. The van der Waals surface area contributed by atoms with E-state index in [2.05, 4.69) is 0 Å². The second-order valence-corrected chi connectivity index (χ2v) is 10.1. The molecule has 2 aromatic carbocycles. The van der Waals surface area contributed by atoms with Crippen molar-refractivity contribution >= 4 is 15.6 Å². The topological polar surface area (TPSA) is 93.1 Å². The number of aliphatic hydroxyl groups is 1. The van der Waals surface area contributed by atoms with Gasteiger partial charge in [0.1, 0.15) is 24.2 Å². The van der Waals surface area contributed by atoms with E-state index in [1.165, 1.54) is 6.92 Å². The molecule has 2 unspecified atom stereocenters. The largest absolute Gasteiger partial charge is 0.497 e. The number of benzene rings is 2. The monoisotopic (exact) mass is 447 g/mol. The second kappa shape index (κ2) is 10.3. The summed E-state index contributed by atoms with van der Waals surface area (Å²) in [6, 6.07) is 14.2. The molecule has 168 valence electrons. The van der Waals surface area contributed by atoms with Gasteiger partial charge in [-0.3, -0.25) is 9.69 Å². The molecule has 0 radical (unpaired) electrons. The zero-order valence-electron chi connectivity index (χ0n) is 17.9. The Kier molecular flexibility index (Phi) is 7.69. The van der Waals surface area contributed by atoms with Crippen molar-refractivity contribution in [3.05, 3.63) is 59.7 Å². The quantitative estimate of drug-likeness (QED) is 0.559. The van der Waals surface area contributed by atoms with Crippen LogP contribution in [0.25, 0.3) is 0 Å². The average Bonchev–Trinajstić information content (AvgIpc) is 3.12. The lowest BCUT2D eigenvalue weighted by molar-refractivity contribution is 0.0524. The Morgan fingerprint density at radius 1 is 1.19 bits per heavy atom. The summed E-state index contributed by atoms with van der Waals surface area (Å²) in [5.74, 6) is 1.53. The lowest BCUT2D eigenvalue weighted by atomic mass is 10.1. The highest BCUT2D eigenvalue weighted by molar-refractivity contribution is 7.91. The number of carbonyl (C=O) groups excluding carboxylic acids is 1. The number of rotatable bonds is 10. The van der Waals surface area contributed by atoms with Crippen LogP contribution >= 0.6 is 0 Å². The third kappa shape index (κ3) is 6.78. The predicted octanol–water partition coefficient (Wildman–Crippen LogP) is 2.33. The molecule has 0 spiro atoms. The van der Waals surface area contributed by atoms with Gasteiger partial charge in [-0.05, 0) is 55.3 Å². The van der Waals surface area contributed by atoms with Crippen LogP contribution in [0, 0.1) is 0 Å². The maximum absolute atomic E-state index is 12.0. The van der Waals surface area contributed by atoms with Gasteiger partial charge in [-0.25, -0.2) is 8.42 Å². The molecule has 2 aromatic rings. The SMILES string of the molecule is COc1cccc(CN(CC(O)COc2ccc(C(C)=O)cc2)C2CCS(=O)(=O)C2)c1. The summed E-state index contributed by atoms with van der Waals surface area (Å²) >= 11 is 0. The first-order valence-electron chi connectivity index (χ1n) is 10.2. The van der Waals surface area contributed by atoms with Crippen molar-refractivity contribution in [1.29, 1.82) is 0 Å². The van der Waals surface area contributed by atoms with Gasteiger partial charge in [0.05, 0.1) is 18.6 Å². The summed E-state index contributed by atoms with van der Waals surface area (Å²) in [6.45, 7) is 2.35. The molecule has 0 aromatic heterocycles. The van der Waals surface area contributed by atoms with Crippen LogP contribution in [0.3, 0.4) is 0 Å². The predicted molar refractivity (Wildman–Crippen MR) is 118 cm³/mol. The van der Waals surface area contributed by atoms with E-state index < -0.39 is 15.9 Å². The number of methoxy groups -OCH3 is 1. The molecule has 31 heavy (non-hydrogen) atoms. The van der Waals surface area contributed by atoms with Crippen molar-refractivity contribution in [3.63, 3.8) is 0 Å². The van der Waals surface area contributed by atoms with Crippen LogP contribution in [0.1, 0.15) is 29.3 Å². The van der Waals surface area contributed by atoms with Crippen molar-refractivity contribution in [2.45, 2.75) is 32.0 Å². The summed E-state index contributed by atoms with van der Waals surface area (Å²) in [5, 5.41) is 10.6. The van der Waals surface area contributed by atoms with E-state index in [-0.39, 0.29) is 36.5 Å². The number of hydrogen-bond acceptors (Lipinski definition) is 7. The number of sulfone groups is 1. The highest BCUT2D eigenvalue weighted by Gasteiger charge is 2.33. The van der Waals surface area contributed by atoms with E-state index in [9.17, 15) is 18.3 Å². The molecule has 0 amide bonds. The van der Waals surface area contributed by atoms with Crippen LogP contribution in [0.2, 0.25) is 0 Å². The van der Waals surface area contributed by atoms with Gasteiger partial charge in [0.2, 0.25) is 0 Å². The molecule has 0 saturated carbocycles. The molecule has 1 N–H and O–H groups in total. The van der Waals surface area contributed by atoms with Crippen LogP contribution in [0.5, 0.6) is 11.5 Å². The number of Topliss-reactive ketones (excluding diaryl/α,β-unsaturated/α-hetero) is 1. The third-order valence-corrected chi connectivity index (χ3v) is 7.14. The minimum absolute atomic E-state index is 0.0220. The van der Waals surface area contributed by atoms with Crippen LogP contribution < -0.4 is 9.47 Å². The van der Waals surface area contributed by atoms with E-state index in [4.69, 9.17) is 9.47 Å². The van der Waals surface area contributed by atoms with Gasteiger partial charge in [0.25, 0.3) is 0 Å². The van der Waals surface area contributed by atoms with Gasteiger partial charge in [0, 0.05) is 24.7 Å². The molecular weight excluding hydrogens is 418 g/mol. The fraction of sp³-hybridized carbons (Fsp3) is 0.435. The smallest absolute Gasteiger partial charge is 0.159 e. The first kappa shape index (κ1) is 23.2. The van der Waals surface area contributed by atoms with Gasteiger partial charge in [-0.15, -0.1) is 0 Å². The lowest BCUT2D eigenvalue weighted by Gasteiger charge is -2.30. The lowest BCUT2D eigenvalue weighted by Crippen LogP contribution is -2.42. The molecule has 8 heteroatoms.